The normalized spacial score (nSPS) is 11.2. The second-order valence-corrected chi connectivity index (χ2v) is 9.29. The average molecular weight is 486 g/mol. The highest BCUT2D eigenvalue weighted by Crippen LogP contribution is 2.21. The summed E-state index contributed by atoms with van der Waals surface area (Å²) < 4.78 is 27.4. The van der Waals surface area contributed by atoms with Gasteiger partial charge in [-0.3, -0.25) is 9.59 Å². The Kier molecular flexibility index (Phi) is 8.02. The maximum Gasteiger partial charge on any atom is 0.255 e. The zero-order chi connectivity index (χ0) is 24.9. The van der Waals surface area contributed by atoms with Crippen molar-refractivity contribution < 1.29 is 18.4 Å². The molecule has 0 aliphatic carbocycles. The van der Waals surface area contributed by atoms with Gasteiger partial charge in [-0.1, -0.05) is 43.6 Å². The number of carbonyl (C=O) groups is 2. The number of rotatable bonds is 8. The van der Waals surface area contributed by atoms with Gasteiger partial charge in [0.05, 0.1) is 0 Å². The lowest BCUT2D eigenvalue weighted by molar-refractivity contribution is 0.0672. The number of anilines is 1. The topological polar surface area (TPSA) is 75.4 Å². The van der Waals surface area contributed by atoms with Crippen molar-refractivity contribution in [3.8, 4) is 0 Å². The molecule has 0 unspecified atom stereocenters. The van der Waals surface area contributed by atoms with Crippen molar-refractivity contribution in [2.75, 3.05) is 18.4 Å². The summed E-state index contributed by atoms with van der Waals surface area (Å²) in [6.45, 7) is 4.63. The molecule has 0 atom stereocenters. The molecule has 178 valence electrons. The molecule has 8 heteroatoms. The van der Waals surface area contributed by atoms with Gasteiger partial charge in [-0.15, -0.1) is 0 Å². The minimum Gasteiger partial charge on any atom is -0.334 e. The van der Waals surface area contributed by atoms with E-state index in [2.05, 4.69) is 5.32 Å². The quantitative estimate of drug-likeness (QED) is 0.442. The molecule has 0 saturated heterocycles. The molecule has 0 aliphatic rings. The van der Waals surface area contributed by atoms with Crippen molar-refractivity contribution in [3.63, 3.8) is 0 Å². The molecule has 3 N–H and O–H groups in total. The average Bonchev–Trinajstić information content (AvgIpc) is 2.78. The molecular formula is C26H26ClF2N3O2. The third-order valence-electron chi connectivity index (χ3n) is 5.24. The molecule has 0 saturated carbocycles. The highest BCUT2D eigenvalue weighted by Gasteiger charge is 2.25. The number of carbonyl (C=O) groups excluding carboxylic acids is 2. The second kappa shape index (κ2) is 10.8. The Hall–Kier alpha value is -3.29. The maximum absolute atomic E-state index is 13.7. The Balaban J connectivity index is 1.77. The predicted octanol–water partition coefficient (Wildman–Crippen LogP) is 5.50. The zero-order valence-electron chi connectivity index (χ0n) is 18.9. The first-order chi connectivity index (χ1) is 16.1. The summed E-state index contributed by atoms with van der Waals surface area (Å²) in [5, 5.41) is 3.26. The number of hydrogen-bond donors (Lipinski definition) is 2. The van der Waals surface area contributed by atoms with Crippen LogP contribution in [0, 0.1) is 17.0 Å². The summed E-state index contributed by atoms with van der Waals surface area (Å²) in [4.78, 5) is 27.1. The highest BCUT2D eigenvalue weighted by molar-refractivity contribution is 6.31. The summed E-state index contributed by atoms with van der Waals surface area (Å²) >= 11 is 5.94. The lowest BCUT2D eigenvalue weighted by Crippen LogP contribution is -2.41. The van der Waals surface area contributed by atoms with Gasteiger partial charge in [0.25, 0.3) is 11.8 Å². The van der Waals surface area contributed by atoms with Crippen LogP contribution >= 0.6 is 11.6 Å². The van der Waals surface area contributed by atoms with Crippen molar-refractivity contribution in [2.45, 2.75) is 20.4 Å². The molecule has 0 fully saturated rings. The van der Waals surface area contributed by atoms with Crippen LogP contribution in [0.4, 0.5) is 14.5 Å². The number of halogens is 3. The molecule has 0 aromatic heterocycles. The van der Waals surface area contributed by atoms with Crippen LogP contribution in [0.3, 0.4) is 0 Å². The summed E-state index contributed by atoms with van der Waals surface area (Å²) in [5.74, 6) is -2.44. The van der Waals surface area contributed by atoms with Crippen LogP contribution in [0.15, 0.2) is 66.7 Å². The number of nitrogens with zero attached hydrogens (tertiary/aromatic N) is 1. The van der Waals surface area contributed by atoms with E-state index in [1.165, 1.54) is 4.90 Å². The van der Waals surface area contributed by atoms with Gasteiger partial charge in [-0.25, -0.2) is 8.78 Å². The van der Waals surface area contributed by atoms with Crippen LogP contribution in [0.2, 0.25) is 5.02 Å². The summed E-state index contributed by atoms with van der Waals surface area (Å²) in [5.41, 5.74) is 7.15. The third kappa shape index (κ3) is 6.85. The molecule has 5 nitrogen and oxygen atoms in total. The van der Waals surface area contributed by atoms with E-state index in [0.717, 1.165) is 23.8 Å². The van der Waals surface area contributed by atoms with Crippen LogP contribution < -0.4 is 11.1 Å². The SMILES string of the molecule is CC(C)(CN)CN(Cc1ccc(NC(=O)c2cccc(Cl)c2)cc1)C(=O)c1cc(F)cc(F)c1. The Bertz CT molecular complexity index is 1160. The molecule has 0 aliphatic heterocycles. The van der Waals surface area contributed by atoms with Crippen molar-refractivity contribution >= 4 is 29.1 Å². The van der Waals surface area contributed by atoms with Crippen molar-refractivity contribution in [3.05, 3.63) is 100 Å². The van der Waals surface area contributed by atoms with E-state index in [4.69, 9.17) is 17.3 Å². The molecule has 0 radical (unpaired) electrons. The minimum atomic E-state index is -0.818. The second-order valence-electron chi connectivity index (χ2n) is 8.85. The van der Waals surface area contributed by atoms with Gasteiger partial charge < -0.3 is 16.0 Å². The van der Waals surface area contributed by atoms with E-state index >= 15 is 0 Å². The molecular weight excluding hydrogens is 460 g/mol. The molecule has 3 aromatic carbocycles. The lowest BCUT2D eigenvalue weighted by atomic mass is 9.92. The van der Waals surface area contributed by atoms with Crippen LogP contribution in [0.25, 0.3) is 0 Å². The number of amides is 2. The number of nitrogens with one attached hydrogen (secondary N) is 1. The molecule has 2 amide bonds. The Morgan fingerprint density at radius 1 is 0.971 bits per heavy atom. The number of benzene rings is 3. The minimum absolute atomic E-state index is 0.0734. The Morgan fingerprint density at radius 3 is 2.21 bits per heavy atom. The predicted molar refractivity (Wildman–Crippen MR) is 130 cm³/mol. The fourth-order valence-electron chi connectivity index (χ4n) is 3.39. The fourth-order valence-corrected chi connectivity index (χ4v) is 3.58. The van der Waals surface area contributed by atoms with E-state index < -0.39 is 23.0 Å². The van der Waals surface area contributed by atoms with E-state index in [0.29, 0.717) is 22.8 Å². The van der Waals surface area contributed by atoms with Crippen molar-refractivity contribution in [2.24, 2.45) is 11.1 Å². The highest BCUT2D eigenvalue weighted by atomic mass is 35.5. The fraction of sp³-hybridized carbons (Fsp3) is 0.231. The molecule has 3 rings (SSSR count). The molecule has 0 spiro atoms. The summed E-state index contributed by atoms with van der Waals surface area (Å²) in [7, 11) is 0. The van der Waals surface area contributed by atoms with E-state index in [9.17, 15) is 18.4 Å². The van der Waals surface area contributed by atoms with E-state index in [1.54, 1.807) is 48.5 Å². The third-order valence-corrected chi connectivity index (χ3v) is 5.48. The summed E-state index contributed by atoms with van der Waals surface area (Å²) in [6.07, 6.45) is 0. The van der Waals surface area contributed by atoms with Crippen molar-refractivity contribution in [1.82, 2.24) is 4.90 Å². The standard InChI is InChI=1S/C26H26ClF2N3O2/c1-26(2,15-30)16-32(25(34)19-11-21(28)13-22(29)12-19)14-17-6-8-23(9-7-17)31-24(33)18-4-3-5-20(27)10-18/h3-13H,14-16,30H2,1-2H3,(H,31,33). The van der Waals surface area contributed by atoms with Gasteiger partial charge in [0, 0.05) is 41.0 Å². The van der Waals surface area contributed by atoms with Gasteiger partial charge in [-0.2, -0.15) is 0 Å². The largest absolute Gasteiger partial charge is 0.334 e. The smallest absolute Gasteiger partial charge is 0.255 e. The first-order valence-electron chi connectivity index (χ1n) is 10.7. The Morgan fingerprint density at radius 2 is 1.62 bits per heavy atom. The number of nitrogens with two attached hydrogens (primary N) is 1. The number of hydrogen-bond acceptors (Lipinski definition) is 3. The van der Waals surface area contributed by atoms with Gasteiger partial charge >= 0.3 is 0 Å². The van der Waals surface area contributed by atoms with Gasteiger partial charge in [-0.05, 0) is 60.0 Å². The Labute approximate surface area is 202 Å². The van der Waals surface area contributed by atoms with E-state index in [-0.39, 0.29) is 24.6 Å². The van der Waals surface area contributed by atoms with Crippen LogP contribution in [0.5, 0.6) is 0 Å². The first kappa shape index (κ1) is 25.3. The first-order valence-corrected chi connectivity index (χ1v) is 11.1. The molecule has 3 aromatic rings. The zero-order valence-corrected chi connectivity index (χ0v) is 19.7. The van der Waals surface area contributed by atoms with Crippen molar-refractivity contribution in [1.29, 1.82) is 0 Å². The van der Waals surface area contributed by atoms with Gasteiger partial charge in [0.15, 0.2) is 0 Å². The molecule has 0 bridgehead atoms. The monoisotopic (exact) mass is 485 g/mol. The van der Waals surface area contributed by atoms with Crippen LogP contribution in [-0.2, 0) is 6.54 Å². The van der Waals surface area contributed by atoms with Crippen LogP contribution in [-0.4, -0.2) is 29.8 Å². The summed E-state index contributed by atoms with van der Waals surface area (Å²) in [6, 6.07) is 16.4. The molecule has 0 heterocycles. The van der Waals surface area contributed by atoms with Gasteiger partial charge in [0.1, 0.15) is 11.6 Å². The van der Waals surface area contributed by atoms with Crippen LogP contribution in [0.1, 0.15) is 40.1 Å². The van der Waals surface area contributed by atoms with Gasteiger partial charge in [0.2, 0.25) is 0 Å². The van der Waals surface area contributed by atoms with E-state index in [1.807, 2.05) is 13.8 Å². The molecule has 34 heavy (non-hydrogen) atoms. The lowest BCUT2D eigenvalue weighted by Gasteiger charge is -2.32. The maximum atomic E-state index is 13.7.